The molecule has 0 saturated heterocycles. The van der Waals surface area contributed by atoms with Gasteiger partial charge >= 0.3 is 0 Å². The maximum Gasteiger partial charge on any atom is 0.191 e. The fourth-order valence-electron chi connectivity index (χ4n) is 2.89. The molecule has 0 saturated carbocycles. The van der Waals surface area contributed by atoms with Crippen molar-refractivity contribution in [1.82, 2.24) is 15.6 Å². The summed E-state index contributed by atoms with van der Waals surface area (Å²) in [6.07, 6.45) is 2.79. The highest BCUT2D eigenvalue weighted by Crippen LogP contribution is 2.41. The van der Waals surface area contributed by atoms with Crippen LogP contribution in [0.1, 0.15) is 29.3 Å². The van der Waals surface area contributed by atoms with Gasteiger partial charge in [-0.3, -0.25) is 4.99 Å². The van der Waals surface area contributed by atoms with Gasteiger partial charge in [0.1, 0.15) is 17.2 Å². The number of para-hydroxylation sites is 1. The number of rotatable bonds is 6. The zero-order valence-corrected chi connectivity index (χ0v) is 16.6. The molecule has 26 heavy (non-hydrogen) atoms. The van der Waals surface area contributed by atoms with Crippen LogP contribution in [0.15, 0.2) is 29.4 Å². The van der Waals surface area contributed by atoms with Crippen molar-refractivity contribution >= 4 is 17.3 Å². The minimum absolute atomic E-state index is 0.166. The van der Waals surface area contributed by atoms with Crippen molar-refractivity contribution in [3.05, 3.63) is 39.8 Å². The lowest BCUT2D eigenvalue weighted by molar-refractivity contribution is 0.132. The van der Waals surface area contributed by atoms with Crippen LogP contribution >= 0.6 is 11.3 Å². The molecule has 2 N–H and O–H groups in total. The SMILES string of the molecule is CN=C(NCCOc1cccc2c1OC(C)(C)C2)NCc1ncc(C)s1. The molecule has 3 rings (SSSR count). The van der Waals surface area contributed by atoms with E-state index in [4.69, 9.17) is 9.47 Å². The second-order valence-corrected chi connectivity index (χ2v) is 8.17. The largest absolute Gasteiger partial charge is 0.488 e. The fourth-order valence-corrected chi connectivity index (χ4v) is 3.62. The van der Waals surface area contributed by atoms with Crippen molar-refractivity contribution in [3.63, 3.8) is 0 Å². The summed E-state index contributed by atoms with van der Waals surface area (Å²) in [4.78, 5) is 9.77. The average molecular weight is 375 g/mol. The summed E-state index contributed by atoms with van der Waals surface area (Å²) in [6, 6.07) is 6.07. The molecule has 140 valence electrons. The number of fused-ring (bicyclic) bond motifs is 1. The van der Waals surface area contributed by atoms with Gasteiger partial charge in [0.25, 0.3) is 0 Å². The van der Waals surface area contributed by atoms with Crippen molar-refractivity contribution < 1.29 is 9.47 Å². The molecule has 0 atom stereocenters. The molecule has 1 aliphatic rings. The maximum atomic E-state index is 6.03. The minimum atomic E-state index is -0.166. The number of guanidine groups is 1. The highest BCUT2D eigenvalue weighted by molar-refractivity contribution is 7.11. The van der Waals surface area contributed by atoms with Crippen molar-refractivity contribution in [3.8, 4) is 11.5 Å². The molecular weight excluding hydrogens is 348 g/mol. The fraction of sp³-hybridized carbons (Fsp3) is 0.474. The minimum Gasteiger partial charge on any atom is -0.488 e. The quantitative estimate of drug-likeness (QED) is 0.462. The lowest BCUT2D eigenvalue weighted by Gasteiger charge is -2.18. The zero-order valence-electron chi connectivity index (χ0n) is 15.8. The molecule has 0 amide bonds. The predicted octanol–water partition coefficient (Wildman–Crippen LogP) is 2.91. The molecule has 7 heteroatoms. The number of thiazole rings is 1. The summed E-state index contributed by atoms with van der Waals surface area (Å²) in [6.45, 7) is 8.07. The highest BCUT2D eigenvalue weighted by atomic mass is 32.1. The highest BCUT2D eigenvalue weighted by Gasteiger charge is 2.32. The van der Waals surface area contributed by atoms with Gasteiger partial charge in [0.2, 0.25) is 0 Å². The second-order valence-electron chi connectivity index (χ2n) is 6.85. The molecule has 1 aromatic carbocycles. The molecule has 6 nitrogen and oxygen atoms in total. The Morgan fingerprint density at radius 3 is 2.96 bits per heavy atom. The Morgan fingerprint density at radius 1 is 1.38 bits per heavy atom. The summed E-state index contributed by atoms with van der Waals surface area (Å²) in [5.74, 6) is 2.41. The molecule has 0 bridgehead atoms. The molecular formula is C19H26N4O2S. The van der Waals surface area contributed by atoms with E-state index in [-0.39, 0.29) is 5.60 Å². The molecule has 0 unspecified atom stereocenters. The molecule has 0 radical (unpaired) electrons. The van der Waals surface area contributed by atoms with E-state index in [1.54, 1.807) is 18.4 Å². The molecule has 1 aliphatic heterocycles. The summed E-state index contributed by atoms with van der Waals surface area (Å²) in [7, 11) is 1.75. The van der Waals surface area contributed by atoms with E-state index in [0.717, 1.165) is 28.9 Å². The third kappa shape index (κ3) is 4.66. The number of nitrogens with one attached hydrogen (secondary N) is 2. The van der Waals surface area contributed by atoms with Crippen LogP contribution in [0.2, 0.25) is 0 Å². The summed E-state index contributed by atoms with van der Waals surface area (Å²) in [5.41, 5.74) is 1.04. The van der Waals surface area contributed by atoms with Crippen LogP contribution in [0.3, 0.4) is 0 Å². The van der Waals surface area contributed by atoms with E-state index in [9.17, 15) is 0 Å². The number of hydrogen-bond acceptors (Lipinski definition) is 5. The van der Waals surface area contributed by atoms with Crippen molar-refractivity contribution in [2.75, 3.05) is 20.2 Å². The molecule has 0 aliphatic carbocycles. The van der Waals surface area contributed by atoms with Gasteiger partial charge in [0, 0.05) is 30.1 Å². The van der Waals surface area contributed by atoms with Crippen LogP contribution in [0.25, 0.3) is 0 Å². The number of nitrogens with zero attached hydrogens (tertiary/aromatic N) is 2. The van der Waals surface area contributed by atoms with Crippen LogP contribution in [0.5, 0.6) is 11.5 Å². The van der Waals surface area contributed by atoms with Gasteiger partial charge in [-0.2, -0.15) is 0 Å². The van der Waals surface area contributed by atoms with E-state index < -0.39 is 0 Å². The Bertz CT molecular complexity index is 786. The van der Waals surface area contributed by atoms with E-state index in [1.165, 1.54) is 10.4 Å². The average Bonchev–Trinajstić information content (AvgIpc) is 3.15. The Kier molecular flexibility index (Phi) is 5.66. The summed E-state index contributed by atoms with van der Waals surface area (Å²) in [5, 5.41) is 7.55. The number of hydrogen-bond donors (Lipinski definition) is 2. The number of aryl methyl sites for hydroxylation is 1. The van der Waals surface area contributed by atoms with E-state index in [1.807, 2.05) is 18.3 Å². The first-order valence-corrected chi connectivity index (χ1v) is 9.58. The monoisotopic (exact) mass is 374 g/mol. The van der Waals surface area contributed by atoms with Gasteiger partial charge in [-0.1, -0.05) is 12.1 Å². The third-order valence-electron chi connectivity index (χ3n) is 4.01. The zero-order chi connectivity index (χ0) is 18.6. The standard InChI is InChI=1S/C19H26N4O2S/c1-13-11-22-16(26-13)12-23-18(20-4)21-8-9-24-15-7-5-6-14-10-19(2,3)25-17(14)15/h5-7,11H,8-10,12H2,1-4H3,(H2,20,21,23). The summed E-state index contributed by atoms with van der Waals surface area (Å²) < 4.78 is 11.9. The topological polar surface area (TPSA) is 67.8 Å². The normalized spacial score (nSPS) is 15.3. The number of ether oxygens (including phenoxy) is 2. The lowest BCUT2D eigenvalue weighted by Crippen LogP contribution is -2.38. The Balaban J connectivity index is 1.45. The van der Waals surface area contributed by atoms with E-state index in [0.29, 0.717) is 19.7 Å². The molecule has 2 aromatic rings. The third-order valence-corrected chi connectivity index (χ3v) is 4.92. The predicted molar refractivity (Wildman–Crippen MR) is 105 cm³/mol. The van der Waals surface area contributed by atoms with Gasteiger partial charge in [0.05, 0.1) is 13.1 Å². The van der Waals surface area contributed by atoms with Gasteiger partial charge in [0.15, 0.2) is 17.5 Å². The van der Waals surface area contributed by atoms with E-state index >= 15 is 0 Å². The van der Waals surface area contributed by atoms with Gasteiger partial charge in [-0.05, 0) is 26.8 Å². The van der Waals surface area contributed by atoms with Crippen LogP contribution in [0.4, 0.5) is 0 Å². The molecule has 0 spiro atoms. The van der Waals surface area contributed by atoms with Crippen LogP contribution in [0, 0.1) is 6.92 Å². The maximum absolute atomic E-state index is 6.03. The first-order chi connectivity index (χ1) is 12.5. The number of benzene rings is 1. The smallest absolute Gasteiger partial charge is 0.191 e. The van der Waals surface area contributed by atoms with Gasteiger partial charge < -0.3 is 20.1 Å². The van der Waals surface area contributed by atoms with Crippen molar-refractivity contribution in [1.29, 1.82) is 0 Å². The van der Waals surface area contributed by atoms with Gasteiger partial charge in [-0.25, -0.2) is 4.98 Å². The first-order valence-electron chi connectivity index (χ1n) is 8.76. The molecule has 1 aromatic heterocycles. The second kappa shape index (κ2) is 7.95. The lowest BCUT2D eigenvalue weighted by atomic mass is 10.0. The van der Waals surface area contributed by atoms with Crippen LogP contribution in [-0.4, -0.2) is 36.7 Å². The molecule has 2 heterocycles. The number of aromatic nitrogens is 1. The molecule has 0 fully saturated rings. The van der Waals surface area contributed by atoms with Crippen molar-refractivity contribution in [2.45, 2.75) is 39.3 Å². The summed E-state index contributed by atoms with van der Waals surface area (Å²) >= 11 is 1.68. The first kappa shape index (κ1) is 18.5. The number of aliphatic imine (C=N–C) groups is 1. The Hall–Kier alpha value is -2.28. The van der Waals surface area contributed by atoms with Crippen LogP contribution < -0.4 is 20.1 Å². The van der Waals surface area contributed by atoms with Crippen LogP contribution in [-0.2, 0) is 13.0 Å². The van der Waals surface area contributed by atoms with E-state index in [2.05, 4.69) is 47.4 Å². The van der Waals surface area contributed by atoms with Gasteiger partial charge in [-0.15, -0.1) is 11.3 Å². The van der Waals surface area contributed by atoms with Crippen molar-refractivity contribution in [2.24, 2.45) is 4.99 Å². The Labute approximate surface area is 158 Å². The Morgan fingerprint density at radius 2 is 2.23 bits per heavy atom.